The van der Waals surface area contributed by atoms with Crippen LogP contribution in [0, 0.1) is 18.3 Å². The molecule has 8 nitrogen and oxygen atoms in total. The normalized spacial score (nSPS) is 14.9. The van der Waals surface area contributed by atoms with Gasteiger partial charge in [0.15, 0.2) is 11.5 Å². The predicted molar refractivity (Wildman–Crippen MR) is 170 cm³/mol. The van der Waals surface area contributed by atoms with Crippen LogP contribution >= 0.6 is 11.8 Å². The number of ether oxygens (including phenoxy) is 3. The van der Waals surface area contributed by atoms with Crippen LogP contribution in [0.5, 0.6) is 23.0 Å². The van der Waals surface area contributed by atoms with Crippen LogP contribution in [0.25, 0.3) is 0 Å². The Morgan fingerprint density at radius 2 is 1.61 bits per heavy atom. The summed E-state index contributed by atoms with van der Waals surface area (Å²) in [6.07, 6.45) is 3.62. The summed E-state index contributed by atoms with van der Waals surface area (Å²) in [7, 11) is -1.29. The van der Waals surface area contributed by atoms with Gasteiger partial charge in [-0.25, -0.2) is 0 Å². The molecule has 1 heterocycles. The Kier molecular flexibility index (Phi) is 11.4. The van der Waals surface area contributed by atoms with Crippen LogP contribution in [-0.2, 0) is 27.8 Å². The molecule has 1 aliphatic heterocycles. The summed E-state index contributed by atoms with van der Waals surface area (Å²) in [6.45, 7) is 3.85. The molecule has 0 fully saturated rings. The Morgan fingerprint density at radius 3 is 2.24 bits per heavy atom. The molecule has 1 unspecified atom stereocenters. The van der Waals surface area contributed by atoms with Gasteiger partial charge in [-0.05, 0) is 74.2 Å². The van der Waals surface area contributed by atoms with Gasteiger partial charge in [-0.15, -0.1) is 0 Å². The van der Waals surface area contributed by atoms with Crippen molar-refractivity contribution in [3.63, 3.8) is 0 Å². The minimum Gasteiger partial charge on any atom is -0.496 e. The summed E-state index contributed by atoms with van der Waals surface area (Å²) in [4.78, 5) is 3.15. The predicted octanol–water partition coefficient (Wildman–Crippen LogP) is 7.38. The number of thioether (sulfide) groups is 1. The van der Waals surface area contributed by atoms with E-state index in [1.54, 1.807) is 14.2 Å². The minimum atomic E-state index is -5.81. The van der Waals surface area contributed by atoms with E-state index in [0.717, 1.165) is 40.8 Å². The Hall–Kier alpha value is -3.60. The lowest BCUT2D eigenvalue weighted by molar-refractivity contribution is -0.0500. The SMILES string of the molecule is COc1ccc(C(C#N)(CCCCCN2CCc3c(cc(OS(=O)(=O)C(F)(F)F)cc3OC)C2)Sc2ccc(C)cc2)cc1OC. The molecule has 0 aromatic heterocycles. The third kappa shape index (κ3) is 8.21. The number of fused-ring (bicyclic) bond motifs is 1. The van der Waals surface area contributed by atoms with Crippen LogP contribution in [0.4, 0.5) is 13.2 Å². The summed E-state index contributed by atoms with van der Waals surface area (Å²) in [5.41, 5.74) is -2.11. The molecule has 3 aromatic carbocycles. The summed E-state index contributed by atoms with van der Waals surface area (Å²) < 4.78 is 81.7. The first-order chi connectivity index (χ1) is 21.8. The van der Waals surface area contributed by atoms with E-state index < -0.39 is 26.1 Å². The number of hydrogen-bond acceptors (Lipinski definition) is 9. The van der Waals surface area contributed by atoms with Crippen LogP contribution in [0.3, 0.4) is 0 Å². The summed E-state index contributed by atoms with van der Waals surface area (Å²) >= 11 is 1.51. The molecule has 3 aromatic rings. The number of hydrogen-bond donors (Lipinski definition) is 0. The summed E-state index contributed by atoms with van der Waals surface area (Å²) in [5, 5.41) is 10.6. The van der Waals surface area contributed by atoms with Gasteiger partial charge < -0.3 is 18.4 Å². The Balaban J connectivity index is 1.43. The van der Waals surface area contributed by atoms with Gasteiger partial charge >= 0.3 is 15.6 Å². The Morgan fingerprint density at radius 1 is 0.913 bits per heavy atom. The van der Waals surface area contributed by atoms with E-state index in [1.807, 2.05) is 49.4 Å². The fourth-order valence-electron chi connectivity index (χ4n) is 5.46. The molecule has 0 amide bonds. The molecular formula is C33H37F3N2O6S2. The maximum absolute atomic E-state index is 12.9. The van der Waals surface area contributed by atoms with Crippen molar-refractivity contribution in [2.24, 2.45) is 0 Å². The highest BCUT2D eigenvalue weighted by molar-refractivity contribution is 8.00. The van der Waals surface area contributed by atoms with Gasteiger partial charge in [-0.1, -0.05) is 48.4 Å². The number of unbranched alkanes of at least 4 members (excludes halogenated alkanes) is 2. The number of benzene rings is 3. The zero-order valence-electron chi connectivity index (χ0n) is 26.1. The molecule has 0 aliphatic carbocycles. The molecule has 0 radical (unpaired) electrons. The van der Waals surface area contributed by atoms with Crippen molar-refractivity contribution in [2.75, 3.05) is 34.4 Å². The highest BCUT2D eigenvalue weighted by atomic mass is 32.2. The number of alkyl halides is 3. The lowest BCUT2D eigenvalue weighted by Gasteiger charge is -2.30. The molecule has 248 valence electrons. The summed E-state index contributed by atoms with van der Waals surface area (Å²) in [6, 6.07) is 18.8. The van der Waals surface area contributed by atoms with Crippen molar-refractivity contribution < 1.29 is 40.0 Å². The molecule has 0 spiro atoms. The van der Waals surface area contributed by atoms with Gasteiger partial charge in [-0.3, -0.25) is 4.90 Å². The lowest BCUT2D eigenvalue weighted by atomic mass is 9.92. The van der Waals surface area contributed by atoms with Gasteiger partial charge in [0.25, 0.3) is 0 Å². The molecule has 46 heavy (non-hydrogen) atoms. The number of nitrogens with zero attached hydrogens (tertiary/aromatic N) is 2. The highest BCUT2D eigenvalue weighted by Gasteiger charge is 2.48. The average Bonchev–Trinajstić information content (AvgIpc) is 3.03. The first-order valence-electron chi connectivity index (χ1n) is 14.7. The molecule has 13 heteroatoms. The third-order valence-electron chi connectivity index (χ3n) is 7.90. The van der Waals surface area contributed by atoms with E-state index >= 15 is 0 Å². The first kappa shape index (κ1) is 35.3. The number of nitriles is 1. The second-order valence-corrected chi connectivity index (χ2v) is 13.9. The lowest BCUT2D eigenvalue weighted by Crippen LogP contribution is -2.32. The van der Waals surface area contributed by atoms with Gasteiger partial charge in [0.05, 0.1) is 27.4 Å². The van der Waals surface area contributed by atoms with E-state index in [1.165, 1.54) is 31.0 Å². The highest BCUT2D eigenvalue weighted by Crippen LogP contribution is 2.47. The van der Waals surface area contributed by atoms with E-state index in [-0.39, 0.29) is 0 Å². The van der Waals surface area contributed by atoms with Crippen LogP contribution in [0.2, 0.25) is 0 Å². The molecule has 0 saturated carbocycles. The van der Waals surface area contributed by atoms with E-state index in [4.69, 9.17) is 14.2 Å². The van der Waals surface area contributed by atoms with Crippen molar-refractivity contribution in [2.45, 2.75) is 60.7 Å². The zero-order chi connectivity index (χ0) is 33.5. The summed E-state index contributed by atoms with van der Waals surface area (Å²) in [5.74, 6) is 0.984. The molecular weight excluding hydrogens is 641 g/mol. The van der Waals surface area contributed by atoms with Crippen molar-refractivity contribution in [3.05, 3.63) is 76.9 Å². The smallest absolute Gasteiger partial charge is 0.496 e. The van der Waals surface area contributed by atoms with Crippen molar-refractivity contribution in [1.29, 1.82) is 5.26 Å². The van der Waals surface area contributed by atoms with Crippen molar-refractivity contribution in [1.82, 2.24) is 4.90 Å². The second-order valence-electron chi connectivity index (χ2n) is 11.0. The van der Waals surface area contributed by atoms with Gasteiger partial charge in [0, 0.05) is 29.6 Å². The van der Waals surface area contributed by atoms with E-state index in [9.17, 15) is 26.9 Å². The topological polar surface area (TPSA) is 98.1 Å². The fraction of sp³-hybridized carbons (Fsp3) is 0.424. The Bertz CT molecular complexity index is 1660. The van der Waals surface area contributed by atoms with Crippen molar-refractivity contribution in [3.8, 4) is 29.1 Å². The Labute approximate surface area is 272 Å². The third-order valence-corrected chi connectivity index (χ3v) is 10.3. The second kappa shape index (κ2) is 14.9. The minimum absolute atomic E-state index is 0.290. The van der Waals surface area contributed by atoms with Crippen molar-refractivity contribution >= 4 is 21.9 Å². The number of halogens is 3. The first-order valence-corrected chi connectivity index (χ1v) is 16.9. The van der Waals surface area contributed by atoms with Gasteiger partial charge in [0.1, 0.15) is 16.2 Å². The average molecular weight is 679 g/mol. The molecule has 1 aliphatic rings. The molecule has 0 saturated heterocycles. The quantitative estimate of drug-likeness (QED) is 0.0749. The van der Waals surface area contributed by atoms with Crippen LogP contribution in [0.15, 0.2) is 59.5 Å². The number of rotatable bonds is 14. The van der Waals surface area contributed by atoms with Gasteiger partial charge in [-0.2, -0.15) is 26.9 Å². The van der Waals surface area contributed by atoms with Crippen LogP contribution in [-0.4, -0.2) is 53.2 Å². The maximum Gasteiger partial charge on any atom is 0.534 e. The van der Waals surface area contributed by atoms with Crippen LogP contribution in [0.1, 0.15) is 47.9 Å². The maximum atomic E-state index is 12.9. The molecule has 0 N–H and O–H groups in total. The largest absolute Gasteiger partial charge is 0.534 e. The monoisotopic (exact) mass is 678 g/mol. The standard InChI is InChI=1S/C33H37F3N2O6S2/c1-23-8-11-27(12-9-23)45-32(22-37,25-10-13-29(41-2)31(19-25)43-4)15-6-5-7-16-38-17-14-28-24(21-38)18-26(20-30(28)42-3)44-46(39,40)33(34,35)36/h8-13,18-20H,5-7,14-17,21H2,1-4H3. The van der Waals surface area contributed by atoms with E-state index in [2.05, 4.69) is 15.2 Å². The number of aryl methyl sites for hydroxylation is 1. The molecule has 0 bridgehead atoms. The fourth-order valence-corrected chi connectivity index (χ4v) is 7.12. The molecule has 1 atom stereocenters. The zero-order valence-corrected chi connectivity index (χ0v) is 27.8. The van der Waals surface area contributed by atoms with E-state index in [0.29, 0.717) is 55.3 Å². The van der Waals surface area contributed by atoms with Gasteiger partial charge in [0.2, 0.25) is 0 Å². The van der Waals surface area contributed by atoms with Crippen LogP contribution < -0.4 is 18.4 Å². The molecule has 4 rings (SSSR count). The number of methoxy groups -OCH3 is 3.